The number of hydrogen-bond acceptors (Lipinski definition) is 12. The summed E-state index contributed by atoms with van der Waals surface area (Å²) in [6.07, 6.45) is 0.696. The molecular formula is C34H40N2O10. The monoisotopic (exact) mass is 636 g/mol. The van der Waals surface area contributed by atoms with Crippen molar-refractivity contribution in [2.24, 2.45) is 0 Å². The van der Waals surface area contributed by atoms with Gasteiger partial charge in [-0.1, -0.05) is 13.0 Å². The van der Waals surface area contributed by atoms with E-state index in [0.717, 1.165) is 0 Å². The van der Waals surface area contributed by atoms with E-state index >= 15 is 0 Å². The van der Waals surface area contributed by atoms with Crippen molar-refractivity contribution >= 4 is 34.9 Å². The number of ether oxygens (including phenoxy) is 4. The fourth-order valence-corrected chi connectivity index (χ4v) is 7.90. The Bertz CT molecular complexity index is 1620. The molecule has 0 N–H and O–H groups in total. The summed E-state index contributed by atoms with van der Waals surface area (Å²) >= 11 is 0. The zero-order valence-corrected chi connectivity index (χ0v) is 27.6. The van der Waals surface area contributed by atoms with Gasteiger partial charge in [-0.15, -0.1) is 0 Å². The molecule has 0 saturated carbocycles. The van der Waals surface area contributed by atoms with Crippen LogP contribution in [0, 0.1) is 0 Å². The first-order valence-electron chi connectivity index (χ1n) is 15.3. The number of piperazine rings is 1. The molecule has 3 aliphatic heterocycles. The van der Waals surface area contributed by atoms with Gasteiger partial charge >= 0.3 is 5.97 Å². The molecule has 6 atom stereocenters. The highest BCUT2D eigenvalue weighted by molar-refractivity contribution is 6.26. The largest absolute Gasteiger partial charge is 0.492 e. The standard InChI is InChI=1S/C34H40N2O10/c1-10-14(3)34(42)46-13-19-21-17(27(38)15(4)31(43-7)29(21)40)12-18-24-22-23(28(39)16(5)32(44-8)30(22)41)33(45-9)26(35(24)6)25(36(18)19)20(37)11-2/h10,18-19,24-26,33H,11-13H2,1-9H3/b14-10-/t18?,19?,24-,25-,26+,33-/m0/s1. The number of nitrogens with zero attached hydrogens (tertiary/aromatic N) is 2. The molecule has 0 aromatic rings. The minimum Gasteiger partial charge on any atom is -0.492 e. The predicted molar refractivity (Wildman–Crippen MR) is 163 cm³/mol. The highest BCUT2D eigenvalue weighted by Crippen LogP contribution is 2.50. The third-order valence-corrected chi connectivity index (χ3v) is 10.2. The summed E-state index contributed by atoms with van der Waals surface area (Å²) in [5.41, 5.74) is 1.25. The zero-order chi connectivity index (χ0) is 33.9. The summed E-state index contributed by atoms with van der Waals surface area (Å²) in [5.74, 6) is -2.86. The third-order valence-electron chi connectivity index (χ3n) is 10.2. The average molecular weight is 637 g/mol. The number of allylic oxidation sites excluding steroid dienone is 5. The van der Waals surface area contributed by atoms with Gasteiger partial charge in [-0.05, 0) is 41.2 Å². The molecule has 5 aliphatic rings. The maximum Gasteiger partial charge on any atom is 0.333 e. The second kappa shape index (κ2) is 12.3. The molecule has 5 rings (SSSR count). The minimum atomic E-state index is -1.05. The van der Waals surface area contributed by atoms with E-state index in [1.165, 1.54) is 35.2 Å². The minimum absolute atomic E-state index is 0.0112. The Labute approximate surface area is 267 Å². The normalized spacial score (nSPS) is 30.4. The molecular weight excluding hydrogens is 596 g/mol. The number of fused-ring (bicyclic) bond motifs is 5. The number of Topliss-reactive ketones (excluding diaryl/α,β-unsaturated/α-hetero) is 5. The van der Waals surface area contributed by atoms with Gasteiger partial charge < -0.3 is 18.9 Å². The molecule has 2 unspecified atom stereocenters. The molecule has 12 nitrogen and oxygen atoms in total. The Balaban J connectivity index is 1.79. The summed E-state index contributed by atoms with van der Waals surface area (Å²) in [6.45, 7) is 7.68. The second-order valence-corrected chi connectivity index (χ2v) is 12.2. The van der Waals surface area contributed by atoms with Crippen LogP contribution in [0.4, 0.5) is 0 Å². The molecule has 0 aromatic heterocycles. The molecule has 2 bridgehead atoms. The Kier molecular flexibility index (Phi) is 8.93. The summed E-state index contributed by atoms with van der Waals surface area (Å²) in [5, 5.41) is 0. The van der Waals surface area contributed by atoms with Crippen LogP contribution in [0.2, 0.25) is 0 Å². The summed E-state index contributed by atoms with van der Waals surface area (Å²) in [6, 6.07) is -4.34. The molecule has 0 spiro atoms. The second-order valence-electron chi connectivity index (χ2n) is 12.2. The lowest BCUT2D eigenvalue weighted by atomic mass is 9.66. The molecule has 3 heterocycles. The maximum absolute atomic E-state index is 14.1. The van der Waals surface area contributed by atoms with E-state index in [1.54, 1.807) is 33.9 Å². The average Bonchev–Trinajstić information content (AvgIpc) is 3.04. The number of likely N-dealkylation sites (N-methyl/N-ethyl adjacent to an activating group) is 1. The molecule has 2 aliphatic carbocycles. The van der Waals surface area contributed by atoms with E-state index in [1.807, 2.05) is 9.80 Å². The van der Waals surface area contributed by atoms with Crippen LogP contribution in [-0.4, -0.2) is 116 Å². The SMILES string of the molecule is C/C=C(/C)C(=O)OCC1C2=C(CC3[C@H]4C5=C(C(=O)C(C)=C(OC)C5=O)[C@H](OC)[C@@H]([C@H](C(=O)CC)N13)N4C)C(=O)C(C)=C(OC)C2=O. The van der Waals surface area contributed by atoms with E-state index in [4.69, 9.17) is 18.9 Å². The van der Waals surface area contributed by atoms with Gasteiger partial charge in [0.15, 0.2) is 28.9 Å². The Morgan fingerprint density at radius 1 is 0.891 bits per heavy atom. The highest BCUT2D eigenvalue weighted by Gasteiger charge is 2.63. The van der Waals surface area contributed by atoms with Crippen molar-refractivity contribution in [2.75, 3.05) is 35.0 Å². The van der Waals surface area contributed by atoms with Crippen molar-refractivity contribution in [1.29, 1.82) is 0 Å². The molecule has 0 aromatic carbocycles. The smallest absolute Gasteiger partial charge is 0.333 e. The lowest BCUT2D eigenvalue weighted by Gasteiger charge is -2.62. The van der Waals surface area contributed by atoms with Gasteiger partial charge in [0, 0.05) is 58.6 Å². The first kappa shape index (κ1) is 33.4. The number of carbonyl (C=O) groups excluding carboxylic acids is 6. The molecule has 0 amide bonds. The van der Waals surface area contributed by atoms with Crippen molar-refractivity contribution in [2.45, 2.75) is 83.8 Å². The van der Waals surface area contributed by atoms with Crippen LogP contribution in [0.3, 0.4) is 0 Å². The lowest BCUT2D eigenvalue weighted by Crippen LogP contribution is -2.78. The highest BCUT2D eigenvalue weighted by atomic mass is 16.5. The van der Waals surface area contributed by atoms with Crippen molar-refractivity contribution in [1.82, 2.24) is 9.80 Å². The lowest BCUT2D eigenvalue weighted by molar-refractivity contribution is -0.157. The Morgan fingerprint density at radius 3 is 2.02 bits per heavy atom. The van der Waals surface area contributed by atoms with Gasteiger partial charge in [0.05, 0.1) is 38.4 Å². The molecule has 1 fully saturated rings. The number of carbonyl (C=O) groups is 6. The van der Waals surface area contributed by atoms with E-state index in [2.05, 4.69) is 0 Å². The number of esters is 1. The van der Waals surface area contributed by atoms with Crippen LogP contribution in [0.1, 0.15) is 47.5 Å². The Morgan fingerprint density at radius 2 is 1.48 bits per heavy atom. The van der Waals surface area contributed by atoms with Gasteiger partial charge in [0.25, 0.3) is 0 Å². The molecule has 1 saturated heterocycles. The summed E-state index contributed by atoms with van der Waals surface area (Å²) in [7, 11) is 5.82. The third kappa shape index (κ3) is 4.60. The van der Waals surface area contributed by atoms with Crippen LogP contribution >= 0.6 is 0 Å². The summed E-state index contributed by atoms with van der Waals surface area (Å²) in [4.78, 5) is 86.7. The van der Waals surface area contributed by atoms with Crippen molar-refractivity contribution in [3.8, 4) is 0 Å². The quantitative estimate of drug-likeness (QED) is 0.217. The predicted octanol–water partition coefficient (Wildman–Crippen LogP) is 1.74. The van der Waals surface area contributed by atoms with Gasteiger partial charge in [0.2, 0.25) is 11.6 Å². The number of ketones is 5. The summed E-state index contributed by atoms with van der Waals surface area (Å²) < 4.78 is 22.5. The van der Waals surface area contributed by atoms with Crippen LogP contribution in [-0.2, 0) is 47.7 Å². The molecule has 12 heteroatoms. The van der Waals surface area contributed by atoms with Crippen molar-refractivity contribution in [3.63, 3.8) is 0 Å². The molecule has 246 valence electrons. The van der Waals surface area contributed by atoms with Crippen LogP contribution < -0.4 is 0 Å². The van der Waals surface area contributed by atoms with Crippen LogP contribution in [0.5, 0.6) is 0 Å². The molecule has 0 radical (unpaired) electrons. The fourth-order valence-electron chi connectivity index (χ4n) is 7.90. The maximum atomic E-state index is 14.1. The van der Waals surface area contributed by atoms with Crippen molar-refractivity contribution < 1.29 is 47.7 Å². The van der Waals surface area contributed by atoms with Gasteiger partial charge in [-0.3, -0.25) is 33.8 Å². The van der Waals surface area contributed by atoms with E-state index < -0.39 is 65.4 Å². The number of methoxy groups -OCH3 is 3. The Hall–Kier alpha value is -4.00. The van der Waals surface area contributed by atoms with E-state index in [-0.39, 0.29) is 70.2 Å². The first-order chi connectivity index (χ1) is 21.8. The van der Waals surface area contributed by atoms with Gasteiger partial charge in [-0.25, -0.2) is 4.79 Å². The van der Waals surface area contributed by atoms with Gasteiger partial charge in [0.1, 0.15) is 12.7 Å². The topological polar surface area (TPSA) is 146 Å². The molecule has 46 heavy (non-hydrogen) atoms. The van der Waals surface area contributed by atoms with E-state index in [0.29, 0.717) is 5.57 Å². The first-order valence-corrected chi connectivity index (χ1v) is 15.3. The van der Waals surface area contributed by atoms with Crippen LogP contribution in [0.25, 0.3) is 0 Å². The number of hydrogen-bond donors (Lipinski definition) is 0. The van der Waals surface area contributed by atoms with Gasteiger partial charge in [-0.2, -0.15) is 0 Å². The fraction of sp³-hybridized carbons (Fsp3) is 0.529. The van der Waals surface area contributed by atoms with E-state index in [9.17, 15) is 28.8 Å². The zero-order valence-electron chi connectivity index (χ0n) is 27.6. The van der Waals surface area contributed by atoms with Crippen molar-refractivity contribution in [3.05, 3.63) is 56.6 Å². The number of rotatable bonds is 8. The van der Waals surface area contributed by atoms with Crippen LogP contribution in [0.15, 0.2) is 56.6 Å².